The molecule has 2 aromatic carbocycles. The minimum Gasteiger partial charge on any atom is -0.486 e. The quantitative estimate of drug-likeness (QED) is 0.908. The molecule has 5 heteroatoms. The van der Waals surface area contributed by atoms with Crippen molar-refractivity contribution in [3.63, 3.8) is 0 Å². The molecule has 1 N–H and O–H groups in total. The fourth-order valence-electron chi connectivity index (χ4n) is 2.24. The van der Waals surface area contributed by atoms with Crippen molar-refractivity contribution in [2.24, 2.45) is 0 Å². The van der Waals surface area contributed by atoms with E-state index in [1.165, 1.54) is 5.56 Å². The smallest absolute Gasteiger partial charge is 0.237 e. The number of thioether (sulfide) groups is 1. The lowest BCUT2D eigenvalue weighted by Gasteiger charge is -2.19. The second-order valence-electron chi connectivity index (χ2n) is 5.29. The first-order valence-electron chi connectivity index (χ1n) is 7.58. The molecule has 1 atom stereocenters. The molecular formula is C18H19NO3S. The van der Waals surface area contributed by atoms with Gasteiger partial charge >= 0.3 is 0 Å². The average molecular weight is 329 g/mol. The van der Waals surface area contributed by atoms with Crippen LogP contribution >= 0.6 is 11.8 Å². The predicted molar refractivity (Wildman–Crippen MR) is 93.3 cm³/mol. The zero-order chi connectivity index (χ0) is 16.1. The Hall–Kier alpha value is -2.14. The van der Waals surface area contributed by atoms with Gasteiger partial charge in [-0.3, -0.25) is 4.79 Å². The van der Waals surface area contributed by atoms with E-state index < -0.39 is 0 Å². The van der Waals surface area contributed by atoms with Gasteiger partial charge in [-0.05, 0) is 24.6 Å². The van der Waals surface area contributed by atoms with Crippen molar-refractivity contribution in [3.05, 3.63) is 54.1 Å². The Kier molecular flexibility index (Phi) is 5.08. The first-order chi connectivity index (χ1) is 11.2. The number of carbonyl (C=O) groups excluding carboxylic acids is 1. The topological polar surface area (TPSA) is 47.6 Å². The lowest BCUT2D eigenvalue weighted by atomic mass is 10.2. The van der Waals surface area contributed by atoms with E-state index in [4.69, 9.17) is 9.47 Å². The Labute approximate surface area is 140 Å². The SMILES string of the molecule is CC(SCc1ccccc1)C(=O)Nc1ccc2c(c1)OCCO2. The summed E-state index contributed by atoms with van der Waals surface area (Å²) in [5, 5.41) is 2.80. The standard InChI is InChI=1S/C18H19NO3S/c1-13(23-12-14-5-3-2-4-6-14)18(20)19-15-7-8-16-17(11-15)22-10-9-21-16/h2-8,11,13H,9-10,12H2,1H3,(H,19,20). The largest absolute Gasteiger partial charge is 0.486 e. The van der Waals surface area contributed by atoms with Crippen LogP contribution in [0.2, 0.25) is 0 Å². The van der Waals surface area contributed by atoms with Gasteiger partial charge in [-0.15, -0.1) is 11.8 Å². The third-order valence-electron chi connectivity index (χ3n) is 3.52. The molecule has 0 fully saturated rings. The van der Waals surface area contributed by atoms with Crippen LogP contribution in [0.15, 0.2) is 48.5 Å². The van der Waals surface area contributed by atoms with E-state index in [1.807, 2.05) is 37.3 Å². The van der Waals surface area contributed by atoms with E-state index in [-0.39, 0.29) is 11.2 Å². The molecule has 120 valence electrons. The van der Waals surface area contributed by atoms with Gasteiger partial charge in [-0.25, -0.2) is 0 Å². The van der Waals surface area contributed by atoms with E-state index in [0.717, 1.165) is 17.2 Å². The first-order valence-corrected chi connectivity index (χ1v) is 8.63. The van der Waals surface area contributed by atoms with Crippen LogP contribution in [0.25, 0.3) is 0 Å². The molecular weight excluding hydrogens is 310 g/mol. The third-order valence-corrected chi connectivity index (χ3v) is 4.74. The van der Waals surface area contributed by atoms with Crippen molar-refractivity contribution in [2.75, 3.05) is 18.5 Å². The molecule has 1 heterocycles. The van der Waals surface area contributed by atoms with Crippen molar-refractivity contribution >= 4 is 23.4 Å². The number of carbonyl (C=O) groups is 1. The number of anilines is 1. The number of hydrogen-bond acceptors (Lipinski definition) is 4. The minimum atomic E-state index is -0.136. The van der Waals surface area contributed by atoms with Gasteiger partial charge in [-0.2, -0.15) is 0 Å². The number of hydrogen-bond donors (Lipinski definition) is 1. The molecule has 1 aliphatic rings. The van der Waals surface area contributed by atoms with Gasteiger partial charge in [0, 0.05) is 17.5 Å². The highest BCUT2D eigenvalue weighted by Gasteiger charge is 2.16. The summed E-state index contributed by atoms with van der Waals surface area (Å²) in [6.07, 6.45) is 0. The molecule has 0 saturated heterocycles. The Morgan fingerprint density at radius 1 is 1.13 bits per heavy atom. The predicted octanol–water partition coefficient (Wildman–Crippen LogP) is 3.72. The van der Waals surface area contributed by atoms with Gasteiger partial charge in [0.1, 0.15) is 13.2 Å². The zero-order valence-electron chi connectivity index (χ0n) is 13.0. The fraction of sp³-hybridized carbons (Fsp3) is 0.278. The molecule has 1 amide bonds. The maximum Gasteiger partial charge on any atom is 0.237 e. The third kappa shape index (κ3) is 4.20. The van der Waals surface area contributed by atoms with Gasteiger partial charge in [0.2, 0.25) is 5.91 Å². The van der Waals surface area contributed by atoms with Crippen LogP contribution in [0.4, 0.5) is 5.69 Å². The molecule has 3 rings (SSSR count). The summed E-state index contributed by atoms with van der Waals surface area (Å²) < 4.78 is 11.0. The summed E-state index contributed by atoms with van der Waals surface area (Å²) >= 11 is 1.62. The summed E-state index contributed by atoms with van der Waals surface area (Å²) in [5.74, 6) is 2.21. The van der Waals surface area contributed by atoms with E-state index in [2.05, 4.69) is 17.4 Å². The fourth-order valence-corrected chi connectivity index (χ4v) is 3.08. The van der Waals surface area contributed by atoms with Gasteiger partial charge < -0.3 is 14.8 Å². The Morgan fingerprint density at radius 2 is 1.87 bits per heavy atom. The highest BCUT2D eigenvalue weighted by molar-refractivity contribution is 7.99. The molecule has 0 aliphatic carbocycles. The summed E-state index contributed by atoms with van der Waals surface area (Å²) in [6, 6.07) is 15.6. The van der Waals surface area contributed by atoms with E-state index in [0.29, 0.717) is 19.0 Å². The van der Waals surface area contributed by atoms with Crippen molar-refractivity contribution in [1.82, 2.24) is 0 Å². The highest BCUT2D eigenvalue weighted by atomic mass is 32.2. The second-order valence-corrected chi connectivity index (χ2v) is 6.62. The van der Waals surface area contributed by atoms with Crippen molar-refractivity contribution in [3.8, 4) is 11.5 Å². The number of nitrogens with one attached hydrogen (secondary N) is 1. The van der Waals surface area contributed by atoms with Crippen LogP contribution < -0.4 is 14.8 Å². The minimum absolute atomic E-state index is 0.0115. The molecule has 4 nitrogen and oxygen atoms in total. The molecule has 1 aliphatic heterocycles. The van der Waals surface area contributed by atoms with Gasteiger partial charge in [0.25, 0.3) is 0 Å². The Balaban J connectivity index is 1.56. The summed E-state index contributed by atoms with van der Waals surface area (Å²) in [6.45, 7) is 3.01. The molecule has 1 unspecified atom stereocenters. The molecule has 0 radical (unpaired) electrons. The van der Waals surface area contributed by atoms with Crippen LogP contribution in [0.1, 0.15) is 12.5 Å². The molecule has 0 saturated carbocycles. The molecule has 0 aromatic heterocycles. The molecule has 0 bridgehead atoms. The molecule has 0 spiro atoms. The van der Waals surface area contributed by atoms with E-state index in [9.17, 15) is 4.79 Å². The number of amides is 1. The Morgan fingerprint density at radius 3 is 2.65 bits per heavy atom. The lowest BCUT2D eigenvalue weighted by Crippen LogP contribution is -2.23. The molecule has 2 aromatic rings. The summed E-state index contributed by atoms with van der Waals surface area (Å²) in [4.78, 5) is 12.3. The summed E-state index contributed by atoms with van der Waals surface area (Å²) in [7, 11) is 0. The lowest BCUT2D eigenvalue weighted by molar-refractivity contribution is -0.115. The monoisotopic (exact) mass is 329 g/mol. The number of fused-ring (bicyclic) bond motifs is 1. The Bertz CT molecular complexity index is 675. The molecule has 23 heavy (non-hydrogen) atoms. The van der Waals surface area contributed by atoms with Gasteiger partial charge in [-0.1, -0.05) is 30.3 Å². The number of ether oxygens (including phenoxy) is 2. The van der Waals surface area contributed by atoms with Crippen molar-refractivity contribution < 1.29 is 14.3 Å². The summed E-state index contributed by atoms with van der Waals surface area (Å²) in [5.41, 5.74) is 1.95. The zero-order valence-corrected chi connectivity index (χ0v) is 13.8. The van der Waals surface area contributed by atoms with Crippen molar-refractivity contribution in [1.29, 1.82) is 0 Å². The average Bonchev–Trinajstić information content (AvgIpc) is 2.60. The number of benzene rings is 2. The van der Waals surface area contributed by atoms with Crippen LogP contribution in [-0.2, 0) is 10.5 Å². The van der Waals surface area contributed by atoms with Crippen LogP contribution in [0.3, 0.4) is 0 Å². The van der Waals surface area contributed by atoms with Crippen LogP contribution in [-0.4, -0.2) is 24.4 Å². The first kappa shape index (κ1) is 15.7. The normalized spacial score (nSPS) is 14.1. The van der Waals surface area contributed by atoms with E-state index >= 15 is 0 Å². The highest BCUT2D eigenvalue weighted by Crippen LogP contribution is 2.32. The number of rotatable bonds is 5. The second kappa shape index (κ2) is 7.42. The van der Waals surface area contributed by atoms with E-state index in [1.54, 1.807) is 17.8 Å². The maximum absolute atomic E-state index is 12.3. The van der Waals surface area contributed by atoms with Crippen LogP contribution in [0, 0.1) is 0 Å². The van der Waals surface area contributed by atoms with Crippen molar-refractivity contribution in [2.45, 2.75) is 17.9 Å². The van der Waals surface area contributed by atoms with Gasteiger partial charge in [0.05, 0.1) is 5.25 Å². The van der Waals surface area contributed by atoms with Crippen LogP contribution in [0.5, 0.6) is 11.5 Å². The maximum atomic E-state index is 12.3. The van der Waals surface area contributed by atoms with Gasteiger partial charge in [0.15, 0.2) is 11.5 Å².